The fourth-order valence-electron chi connectivity index (χ4n) is 4.49. The molecule has 6 heteroatoms. The summed E-state index contributed by atoms with van der Waals surface area (Å²) in [5.74, 6) is -0.101. The molecule has 1 aliphatic rings. The van der Waals surface area contributed by atoms with Crippen LogP contribution in [0.2, 0.25) is 0 Å². The van der Waals surface area contributed by atoms with Gasteiger partial charge in [-0.3, -0.25) is 9.97 Å². The first-order valence-corrected chi connectivity index (χ1v) is 11.6. The van der Waals surface area contributed by atoms with Crippen molar-refractivity contribution >= 4 is 5.97 Å². The van der Waals surface area contributed by atoms with E-state index >= 15 is 0 Å². The molecule has 0 amide bonds. The second-order valence-electron chi connectivity index (χ2n) is 8.64. The zero-order valence-corrected chi connectivity index (χ0v) is 18.8. The standard InChI is InChI=1S/C27H31N3O3/c31-26(27(32,23-7-3-1-4-8-23)24-9-5-2-6-10-24)33-20-22(25-19-29-17-18-30-25)12-11-21-13-15-28-16-14-21/h1-10,17-19,21-22,28,32H,11-16,20H2. The lowest BCUT2D eigenvalue weighted by Crippen LogP contribution is -2.39. The predicted molar refractivity (Wildman–Crippen MR) is 126 cm³/mol. The molecule has 1 fully saturated rings. The minimum Gasteiger partial charge on any atom is -0.462 e. The molecule has 1 unspecified atom stereocenters. The molecule has 0 spiro atoms. The number of hydrogen-bond acceptors (Lipinski definition) is 6. The van der Waals surface area contributed by atoms with Crippen LogP contribution in [0.25, 0.3) is 0 Å². The summed E-state index contributed by atoms with van der Waals surface area (Å²) in [6.45, 7) is 2.25. The van der Waals surface area contributed by atoms with Gasteiger partial charge in [0.15, 0.2) is 0 Å². The number of rotatable bonds is 9. The maximum atomic E-state index is 13.4. The van der Waals surface area contributed by atoms with Gasteiger partial charge >= 0.3 is 5.97 Å². The van der Waals surface area contributed by atoms with Crippen LogP contribution in [-0.2, 0) is 15.1 Å². The monoisotopic (exact) mass is 445 g/mol. The van der Waals surface area contributed by atoms with Crippen LogP contribution in [0.1, 0.15) is 48.4 Å². The Morgan fingerprint density at radius 3 is 2.24 bits per heavy atom. The first kappa shape index (κ1) is 23.1. The van der Waals surface area contributed by atoms with E-state index < -0.39 is 11.6 Å². The van der Waals surface area contributed by atoms with E-state index in [4.69, 9.17) is 4.74 Å². The van der Waals surface area contributed by atoms with Gasteiger partial charge in [0.2, 0.25) is 5.60 Å². The summed E-state index contributed by atoms with van der Waals surface area (Å²) >= 11 is 0. The van der Waals surface area contributed by atoms with Crippen molar-refractivity contribution < 1.29 is 14.6 Å². The van der Waals surface area contributed by atoms with Gasteiger partial charge in [-0.05, 0) is 55.8 Å². The summed E-state index contributed by atoms with van der Waals surface area (Å²) in [4.78, 5) is 22.1. The lowest BCUT2D eigenvalue weighted by atomic mass is 9.86. The number of nitrogens with one attached hydrogen (secondary N) is 1. The highest BCUT2D eigenvalue weighted by atomic mass is 16.5. The van der Waals surface area contributed by atoms with Gasteiger partial charge < -0.3 is 15.2 Å². The minimum absolute atomic E-state index is 0.0756. The van der Waals surface area contributed by atoms with Crippen LogP contribution in [0.5, 0.6) is 0 Å². The molecule has 6 nitrogen and oxygen atoms in total. The molecule has 0 saturated carbocycles. The highest BCUT2D eigenvalue weighted by molar-refractivity contribution is 5.85. The van der Waals surface area contributed by atoms with Crippen molar-refractivity contribution in [3.63, 3.8) is 0 Å². The number of aromatic nitrogens is 2. The maximum absolute atomic E-state index is 13.4. The Labute approximate surface area is 195 Å². The summed E-state index contributed by atoms with van der Waals surface area (Å²) in [7, 11) is 0. The van der Waals surface area contributed by atoms with Crippen LogP contribution < -0.4 is 5.32 Å². The van der Waals surface area contributed by atoms with E-state index in [1.54, 1.807) is 67.1 Å². The molecule has 1 saturated heterocycles. The lowest BCUT2D eigenvalue weighted by Gasteiger charge is -2.28. The molecule has 4 rings (SSSR count). The molecule has 0 aliphatic carbocycles. The first-order valence-electron chi connectivity index (χ1n) is 11.6. The quantitative estimate of drug-likeness (QED) is 0.487. The normalized spacial score (nSPS) is 15.7. The Bertz CT molecular complexity index is 953. The number of nitrogens with zero attached hydrogens (tertiary/aromatic N) is 2. The molecule has 1 aliphatic heterocycles. The van der Waals surface area contributed by atoms with Gasteiger partial charge in [0.05, 0.1) is 12.3 Å². The van der Waals surface area contributed by atoms with Gasteiger partial charge in [-0.2, -0.15) is 0 Å². The summed E-state index contributed by atoms with van der Waals surface area (Å²) in [5.41, 5.74) is -0.120. The zero-order valence-electron chi connectivity index (χ0n) is 18.8. The van der Waals surface area contributed by atoms with E-state index in [1.165, 1.54) is 0 Å². The summed E-state index contributed by atoms with van der Waals surface area (Å²) in [5, 5.41) is 15.0. The average molecular weight is 446 g/mol. The van der Waals surface area contributed by atoms with Crippen molar-refractivity contribution in [2.24, 2.45) is 5.92 Å². The molecule has 2 aromatic carbocycles. The molecule has 2 heterocycles. The SMILES string of the molecule is O=C(OCC(CCC1CCNCC1)c1cnccn1)C(O)(c1ccccc1)c1ccccc1. The molecule has 1 aromatic heterocycles. The first-order chi connectivity index (χ1) is 16.2. The topological polar surface area (TPSA) is 84.3 Å². The van der Waals surface area contributed by atoms with Gasteiger partial charge in [-0.25, -0.2) is 4.79 Å². The fourth-order valence-corrected chi connectivity index (χ4v) is 4.49. The van der Waals surface area contributed by atoms with Gasteiger partial charge in [0.1, 0.15) is 0 Å². The van der Waals surface area contributed by atoms with Crippen molar-refractivity contribution in [3.05, 3.63) is 96.1 Å². The third-order valence-electron chi connectivity index (χ3n) is 6.48. The number of carbonyl (C=O) groups is 1. The van der Waals surface area contributed by atoms with Crippen molar-refractivity contribution in [2.75, 3.05) is 19.7 Å². The van der Waals surface area contributed by atoms with Gasteiger partial charge in [-0.1, -0.05) is 60.7 Å². The molecule has 0 radical (unpaired) electrons. The van der Waals surface area contributed by atoms with Gasteiger partial charge in [0.25, 0.3) is 0 Å². The maximum Gasteiger partial charge on any atom is 0.347 e. The molecule has 0 bridgehead atoms. The van der Waals surface area contributed by atoms with Crippen LogP contribution in [0.15, 0.2) is 79.3 Å². The van der Waals surface area contributed by atoms with E-state index in [2.05, 4.69) is 15.3 Å². The molecule has 33 heavy (non-hydrogen) atoms. The van der Waals surface area contributed by atoms with Crippen molar-refractivity contribution in [2.45, 2.75) is 37.2 Å². The fraction of sp³-hybridized carbons (Fsp3) is 0.370. The Hall–Kier alpha value is -3.09. The second-order valence-corrected chi connectivity index (χ2v) is 8.64. The molecular formula is C27H31N3O3. The number of carbonyl (C=O) groups excluding carboxylic acids is 1. The van der Waals surface area contributed by atoms with Crippen LogP contribution in [0.3, 0.4) is 0 Å². The summed E-state index contributed by atoms with van der Waals surface area (Å²) in [6, 6.07) is 17.9. The van der Waals surface area contributed by atoms with E-state index in [1.807, 2.05) is 12.1 Å². The van der Waals surface area contributed by atoms with E-state index in [9.17, 15) is 9.90 Å². The molecular weight excluding hydrogens is 414 g/mol. The highest BCUT2D eigenvalue weighted by Crippen LogP contribution is 2.32. The zero-order chi connectivity index (χ0) is 22.9. The van der Waals surface area contributed by atoms with E-state index in [-0.39, 0.29) is 12.5 Å². The molecule has 2 N–H and O–H groups in total. The summed E-state index contributed by atoms with van der Waals surface area (Å²) < 4.78 is 5.80. The molecule has 1 atom stereocenters. The second kappa shape index (κ2) is 11.2. The van der Waals surface area contributed by atoms with Gasteiger partial charge in [-0.15, -0.1) is 0 Å². The average Bonchev–Trinajstić information content (AvgIpc) is 2.90. The number of ether oxygens (including phenoxy) is 1. The van der Waals surface area contributed by atoms with E-state index in [0.29, 0.717) is 17.0 Å². The Morgan fingerprint density at radius 2 is 1.67 bits per heavy atom. The Morgan fingerprint density at radius 1 is 1.03 bits per heavy atom. The molecule has 3 aromatic rings. The number of aliphatic hydroxyl groups is 1. The lowest BCUT2D eigenvalue weighted by molar-refractivity contribution is -0.162. The molecule has 172 valence electrons. The predicted octanol–water partition coefficient (Wildman–Crippen LogP) is 3.82. The van der Waals surface area contributed by atoms with Crippen molar-refractivity contribution in [3.8, 4) is 0 Å². The van der Waals surface area contributed by atoms with E-state index in [0.717, 1.165) is 44.5 Å². The number of benzene rings is 2. The van der Waals surface area contributed by atoms with Crippen LogP contribution >= 0.6 is 0 Å². The van der Waals surface area contributed by atoms with Gasteiger partial charge in [0, 0.05) is 24.5 Å². The smallest absolute Gasteiger partial charge is 0.347 e. The van der Waals surface area contributed by atoms with Crippen LogP contribution in [-0.4, -0.2) is 40.7 Å². The van der Waals surface area contributed by atoms with Crippen molar-refractivity contribution in [1.82, 2.24) is 15.3 Å². The minimum atomic E-state index is -1.88. The van der Waals surface area contributed by atoms with Crippen molar-refractivity contribution in [1.29, 1.82) is 0 Å². The third-order valence-corrected chi connectivity index (χ3v) is 6.48. The number of hydrogen-bond donors (Lipinski definition) is 2. The Balaban J connectivity index is 1.52. The Kier molecular flexibility index (Phi) is 7.81. The highest BCUT2D eigenvalue weighted by Gasteiger charge is 2.42. The largest absolute Gasteiger partial charge is 0.462 e. The van der Waals surface area contributed by atoms with Crippen LogP contribution in [0, 0.1) is 5.92 Å². The number of esters is 1. The summed E-state index contributed by atoms with van der Waals surface area (Å²) in [6.07, 6.45) is 9.26. The van der Waals surface area contributed by atoms with Crippen LogP contribution in [0.4, 0.5) is 0 Å². The third kappa shape index (κ3) is 5.64. The number of piperidine rings is 1.